The largest absolute Gasteiger partial charge is 0.480 e. The number of hydrogen-bond acceptors (Lipinski definition) is 3. The zero-order chi connectivity index (χ0) is 12.6. The minimum atomic E-state index is -1.10. The second-order valence-corrected chi connectivity index (χ2v) is 3.09. The number of carboxylic acids is 1. The highest BCUT2D eigenvalue weighted by Crippen LogP contribution is 1.97. The van der Waals surface area contributed by atoms with Crippen LogP contribution in [0.5, 0.6) is 0 Å². The van der Waals surface area contributed by atoms with Gasteiger partial charge in [-0.1, -0.05) is 6.58 Å². The molecule has 0 aromatic rings. The normalized spacial score (nSPS) is 11.2. The molecular weight excluding hydrogens is 212 g/mol. The van der Waals surface area contributed by atoms with Crippen molar-refractivity contribution >= 4 is 17.8 Å². The van der Waals surface area contributed by atoms with E-state index in [-0.39, 0.29) is 12.4 Å². The van der Waals surface area contributed by atoms with Gasteiger partial charge in [-0.25, -0.2) is 4.79 Å². The summed E-state index contributed by atoms with van der Waals surface area (Å²) in [6, 6.07) is -0.945. The smallest absolute Gasteiger partial charge is 0.326 e. The number of hydrogen-bond donors (Lipinski definition) is 5. The molecule has 0 spiro atoms. The molecule has 0 heterocycles. The monoisotopic (exact) mass is 228 g/mol. The first kappa shape index (κ1) is 13.9. The van der Waals surface area contributed by atoms with Crippen LogP contribution in [-0.4, -0.2) is 35.5 Å². The van der Waals surface area contributed by atoms with Crippen LogP contribution < -0.4 is 16.4 Å². The first-order valence-corrected chi connectivity index (χ1v) is 4.71. The Morgan fingerprint density at radius 3 is 2.62 bits per heavy atom. The zero-order valence-corrected chi connectivity index (χ0v) is 8.82. The summed E-state index contributed by atoms with van der Waals surface area (Å²) in [7, 11) is 0. The second kappa shape index (κ2) is 7.27. The third-order valence-electron chi connectivity index (χ3n) is 1.79. The van der Waals surface area contributed by atoms with Crippen molar-refractivity contribution in [3.63, 3.8) is 0 Å². The van der Waals surface area contributed by atoms with E-state index in [0.29, 0.717) is 13.0 Å². The molecule has 7 nitrogen and oxygen atoms in total. The van der Waals surface area contributed by atoms with Gasteiger partial charge in [0.25, 0.3) is 0 Å². The molecule has 0 aliphatic heterocycles. The fraction of sp³-hybridized carbons (Fsp3) is 0.444. The predicted molar refractivity (Wildman–Crippen MR) is 58.9 cm³/mol. The summed E-state index contributed by atoms with van der Waals surface area (Å²) in [5, 5.41) is 20.5. The molecule has 0 aliphatic carbocycles. The minimum Gasteiger partial charge on any atom is -0.480 e. The average molecular weight is 228 g/mol. The van der Waals surface area contributed by atoms with Gasteiger partial charge in [-0.2, -0.15) is 0 Å². The van der Waals surface area contributed by atoms with Crippen LogP contribution >= 0.6 is 0 Å². The Balaban J connectivity index is 3.95. The number of amides is 1. The Hall–Kier alpha value is -2.05. The summed E-state index contributed by atoms with van der Waals surface area (Å²) >= 11 is 0. The van der Waals surface area contributed by atoms with E-state index in [9.17, 15) is 9.59 Å². The third-order valence-corrected chi connectivity index (χ3v) is 1.79. The van der Waals surface area contributed by atoms with Crippen molar-refractivity contribution in [1.29, 1.82) is 5.41 Å². The number of aliphatic carboxylic acids is 1. The van der Waals surface area contributed by atoms with Crippen LogP contribution in [0.1, 0.15) is 12.8 Å². The third kappa shape index (κ3) is 6.41. The standard InChI is InChI=1S/C9H16N4O3/c1-2-7(14)13-6(8(15)16)4-3-5-12-9(10)11/h2,6H,1,3-5H2,(H,13,14)(H,15,16)(H4,10,11,12)/t6-/m0/s1. The molecule has 0 aromatic carbocycles. The molecule has 0 unspecified atom stereocenters. The Morgan fingerprint density at radius 1 is 1.56 bits per heavy atom. The fourth-order valence-electron chi connectivity index (χ4n) is 1.02. The highest BCUT2D eigenvalue weighted by Gasteiger charge is 2.17. The maximum Gasteiger partial charge on any atom is 0.326 e. The van der Waals surface area contributed by atoms with Gasteiger partial charge >= 0.3 is 5.97 Å². The number of guanidine groups is 1. The lowest BCUT2D eigenvalue weighted by molar-refractivity contribution is -0.141. The van der Waals surface area contributed by atoms with Crippen molar-refractivity contribution < 1.29 is 14.7 Å². The summed E-state index contributed by atoms with van der Waals surface area (Å²) in [5.74, 6) is -1.79. The van der Waals surface area contributed by atoms with Crippen LogP contribution in [0, 0.1) is 5.41 Å². The SMILES string of the molecule is C=CC(=O)N[C@@H](CCCNC(=N)N)C(=O)O. The molecule has 7 heteroatoms. The second-order valence-electron chi connectivity index (χ2n) is 3.09. The van der Waals surface area contributed by atoms with Gasteiger partial charge in [0.2, 0.25) is 5.91 Å². The lowest BCUT2D eigenvalue weighted by atomic mass is 10.1. The molecule has 6 N–H and O–H groups in total. The van der Waals surface area contributed by atoms with Crippen LogP contribution in [0.25, 0.3) is 0 Å². The molecule has 0 saturated carbocycles. The number of nitrogens with two attached hydrogens (primary N) is 1. The highest BCUT2D eigenvalue weighted by molar-refractivity contribution is 5.90. The van der Waals surface area contributed by atoms with E-state index in [1.807, 2.05) is 0 Å². The number of carboxylic acid groups (broad SMARTS) is 1. The van der Waals surface area contributed by atoms with E-state index >= 15 is 0 Å². The molecule has 0 bridgehead atoms. The quantitative estimate of drug-likeness (QED) is 0.165. The molecule has 16 heavy (non-hydrogen) atoms. The summed E-state index contributed by atoms with van der Waals surface area (Å²) in [5.41, 5.74) is 5.04. The number of carbonyl (C=O) groups excluding carboxylic acids is 1. The molecule has 0 aromatic heterocycles. The van der Waals surface area contributed by atoms with Gasteiger partial charge in [0.05, 0.1) is 0 Å². The summed E-state index contributed by atoms with van der Waals surface area (Å²) in [6.45, 7) is 3.62. The Bertz CT molecular complexity index is 290. The van der Waals surface area contributed by atoms with Crippen molar-refractivity contribution in [2.24, 2.45) is 5.73 Å². The van der Waals surface area contributed by atoms with Crippen molar-refractivity contribution in [2.45, 2.75) is 18.9 Å². The maximum absolute atomic E-state index is 10.9. The van der Waals surface area contributed by atoms with Crippen molar-refractivity contribution in [3.05, 3.63) is 12.7 Å². The first-order valence-electron chi connectivity index (χ1n) is 4.71. The molecule has 1 amide bonds. The maximum atomic E-state index is 10.9. The summed E-state index contributed by atoms with van der Waals surface area (Å²) < 4.78 is 0. The molecule has 0 rings (SSSR count). The van der Waals surface area contributed by atoms with Crippen LogP contribution in [0.15, 0.2) is 12.7 Å². The van der Waals surface area contributed by atoms with Gasteiger partial charge in [0, 0.05) is 6.54 Å². The lowest BCUT2D eigenvalue weighted by Gasteiger charge is -2.13. The molecule has 0 saturated heterocycles. The first-order chi connectivity index (χ1) is 7.47. The predicted octanol–water partition coefficient (Wildman–Crippen LogP) is -0.995. The van der Waals surface area contributed by atoms with Gasteiger partial charge in [-0.3, -0.25) is 10.2 Å². The van der Waals surface area contributed by atoms with E-state index in [1.165, 1.54) is 0 Å². The van der Waals surface area contributed by atoms with Crippen LogP contribution in [0.3, 0.4) is 0 Å². The van der Waals surface area contributed by atoms with Crippen molar-refractivity contribution in [1.82, 2.24) is 10.6 Å². The highest BCUT2D eigenvalue weighted by atomic mass is 16.4. The van der Waals surface area contributed by atoms with Gasteiger partial charge < -0.3 is 21.5 Å². The zero-order valence-electron chi connectivity index (χ0n) is 8.82. The topological polar surface area (TPSA) is 128 Å². The minimum absolute atomic E-state index is 0.165. The van der Waals surface area contributed by atoms with Crippen molar-refractivity contribution in [2.75, 3.05) is 6.54 Å². The number of nitrogens with one attached hydrogen (secondary N) is 3. The van der Waals surface area contributed by atoms with E-state index in [2.05, 4.69) is 17.2 Å². The van der Waals surface area contributed by atoms with Gasteiger partial charge in [0.1, 0.15) is 6.04 Å². The Labute approximate surface area is 93.2 Å². The lowest BCUT2D eigenvalue weighted by Crippen LogP contribution is -2.40. The van der Waals surface area contributed by atoms with E-state index < -0.39 is 17.9 Å². The van der Waals surface area contributed by atoms with Gasteiger partial charge in [0.15, 0.2) is 5.96 Å². The Morgan fingerprint density at radius 2 is 2.19 bits per heavy atom. The van der Waals surface area contributed by atoms with E-state index in [1.54, 1.807) is 0 Å². The molecular formula is C9H16N4O3. The molecule has 0 fully saturated rings. The van der Waals surface area contributed by atoms with Crippen LogP contribution in [-0.2, 0) is 9.59 Å². The van der Waals surface area contributed by atoms with Crippen LogP contribution in [0.4, 0.5) is 0 Å². The van der Waals surface area contributed by atoms with E-state index in [0.717, 1.165) is 6.08 Å². The number of rotatable bonds is 7. The molecule has 1 atom stereocenters. The molecule has 90 valence electrons. The van der Waals surface area contributed by atoms with Gasteiger partial charge in [-0.05, 0) is 18.9 Å². The van der Waals surface area contributed by atoms with Crippen molar-refractivity contribution in [3.8, 4) is 0 Å². The molecule has 0 radical (unpaired) electrons. The van der Waals surface area contributed by atoms with E-state index in [4.69, 9.17) is 16.2 Å². The average Bonchev–Trinajstić information content (AvgIpc) is 2.21. The summed E-state index contributed by atoms with van der Waals surface area (Å²) in [4.78, 5) is 21.6. The Kier molecular flexibility index (Phi) is 6.34. The van der Waals surface area contributed by atoms with Gasteiger partial charge in [-0.15, -0.1) is 0 Å². The molecule has 0 aliphatic rings. The fourth-order valence-corrected chi connectivity index (χ4v) is 1.02. The number of carbonyl (C=O) groups is 2. The van der Waals surface area contributed by atoms with Crippen LogP contribution in [0.2, 0.25) is 0 Å². The summed E-state index contributed by atoms with van der Waals surface area (Å²) in [6.07, 6.45) is 1.76.